The molecule has 20 heavy (non-hydrogen) atoms. The van der Waals surface area contributed by atoms with Crippen molar-refractivity contribution in [3.05, 3.63) is 28.2 Å². The summed E-state index contributed by atoms with van der Waals surface area (Å²) in [4.78, 5) is 14.4. The molecule has 1 amide bonds. The van der Waals surface area contributed by atoms with E-state index in [1.807, 2.05) is 0 Å². The van der Waals surface area contributed by atoms with Crippen LogP contribution in [0.4, 0.5) is 5.69 Å². The predicted octanol–water partition coefficient (Wildman–Crippen LogP) is 2.64. The second kappa shape index (κ2) is 7.09. The highest BCUT2D eigenvalue weighted by atomic mass is 79.9. The Bertz CT molecular complexity index is 452. The summed E-state index contributed by atoms with van der Waals surface area (Å²) < 4.78 is 0.825. The number of amides is 1. The fraction of sp³-hybridized carbons (Fsp3) is 0.533. The normalized spacial score (nSPS) is 15.8. The van der Waals surface area contributed by atoms with Crippen LogP contribution in [0.5, 0.6) is 0 Å². The van der Waals surface area contributed by atoms with Crippen molar-refractivity contribution in [1.29, 1.82) is 0 Å². The molecular formula is C15H22BrN3O. The SMILES string of the molecule is CN(CCNC(=O)c1cc(N)cc(Br)c1)C1CCCC1. The van der Waals surface area contributed by atoms with Crippen LogP contribution < -0.4 is 11.1 Å². The third-order valence-corrected chi connectivity index (χ3v) is 4.34. The van der Waals surface area contributed by atoms with Gasteiger partial charge in [-0.1, -0.05) is 28.8 Å². The van der Waals surface area contributed by atoms with Crippen LogP contribution in [0.2, 0.25) is 0 Å². The monoisotopic (exact) mass is 339 g/mol. The van der Waals surface area contributed by atoms with Crippen LogP contribution in [0.1, 0.15) is 36.0 Å². The number of hydrogen-bond donors (Lipinski definition) is 2. The lowest BCUT2D eigenvalue weighted by atomic mass is 10.2. The van der Waals surface area contributed by atoms with Gasteiger partial charge >= 0.3 is 0 Å². The Hall–Kier alpha value is -1.07. The Kier molecular flexibility index (Phi) is 5.43. The van der Waals surface area contributed by atoms with Crippen LogP contribution in [0.15, 0.2) is 22.7 Å². The number of carbonyl (C=O) groups is 1. The molecule has 1 aliphatic carbocycles. The molecule has 0 aromatic heterocycles. The molecule has 1 fully saturated rings. The molecule has 0 heterocycles. The predicted molar refractivity (Wildman–Crippen MR) is 85.8 cm³/mol. The number of nitrogen functional groups attached to an aromatic ring is 1. The maximum Gasteiger partial charge on any atom is 0.251 e. The van der Waals surface area contributed by atoms with Crippen molar-refractivity contribution in [2.45, 2.75) is 31.7 Å². The van der Waals surface area contributed by atoms with E-state index in [-0.39, 0.29) is 5.91 Å². The molecule has 0 atom stereocenters. The van der Waals surface area contributed by atoms with Gasteiger partial charge in [-0.05, 0) is 38.1 Å². The number of halogens is 1. The van der Waals surface area contributed by atoms with Crippen LogP contribution in [0.3, 0.4) is 0 Å². The average Bonchev–Trinajstić information content (AvgIpc) is 2.91. The Morgan fingerprint density at radius 2 is 2.10 bits per heavy atom. The fourth-order valence-corrected chi connectivity index (χ4v) is 3.23. The molecule has 1 aromatic rings. The van der Waals surface area contributed by atoms with Gasteiger partial charge in [0.25, 0.3) is 5.91 Å². The van der Waals surface area contributed by atoms with Crippen molar-refractivity contribution in [2.75, 3.05) is 25.9 Å². The topological polar surface area (TPSA) is 58.4 Å². The first-order chi connectivity index (χ1) is 9.56. The third kappa shape index (κ3) is 4.21. The van der Waals surface area contributed by atoms with E-state index in [2.05, 4.69) is 33.2 Å². The van der Waals surface area contributed by atoms with Crippen LogP contribution in [0, 0.1) is 0 Å². The van der Waals surface area contributed by atoms with Gasteiger partial charge in [0.15, 0.2) is 0 Å². The lowest BCUT2D eigenvalue weighted by Gasteiger charge is -2.23. The minimum Gasteiger partial charge on any atom is -0.399 e. The number of likely N-dealkylation sites (N-methyl/N-ethyl adjacent to an activating group) is 1. The Morgan fingerprint density at radius 3 is 2.75 bits per heavy atom. The Balaban J connectivity index is 1.79. The van der Waals surface area contributed by atoms with Crippen LogP contribution in [0.25, 0.3) is 0 Å². The van der Waals surface area contributed by atoms with E-state index in [1.165, 1.54) is 25.7 Å². The van der Waals surface area contributed by atoms with Crippen molar-refractivity contribution in [2.24, 2.45) is 0 Å². The van der Waals surface area contributed by atoms with Gasteiger partial charge in [0.1, 0.15) is 0 Å². The van der Waals surface area contributed by atoms with Crippen LogP contribution in [-0.2, 0) is 0 Å². The second-order valence-corrected chi connectivity index (χ2v) is 6.36. The number of anilines is 1. The molecule has 1 saturated carbocycles. The van der Waals surface area contributed by atoms with Crippen molar-refractivity contribution < 1.29 is 4.79 Å². The molecule has 2 rings (SSSR count). The molecule has 1 aliphatic rings. The highest BCUT2D eigenvalue weighted by Crippen LogP contribution is 2.22. The summed E-state index contributed by atoms with van der Waals surface area (Å²) in [5.74, 6) is -0.0715. The van der Waals surface area contributed by atoms with E-state index < -0.39 is 0 Å². The molecule has 4 nitrogen and oxygen atoms in total. The van der Waals surface area contributed by atoms with Crippen molar-refractivity contribution in [3.8, 4) is 0 Å². The van der Waals surface area contributed by atoms with E-state index in [1.54, 1.807) is 18.2 Å². The minimum atomic E-state index is -0.0715. The maximum atomic E-state index is 12.0. The van der Waals surface area contributed by atoms with E-state index in [0.29, 0.717) is 23.8 Å². The number of carbonyl (C=O) groups excluding carboxylic acids is 1. The Morgan fingerprint density at radius 1 is 1.40 bits per heavy atom. The van der Waals surface area contributed by atoms with E-state index in [4.69, 9.17) is 5.73 Å². The van der Waals surface area contributed by atoms with Crippen LogP contribution >= 0.6 is 15.9 Å². The smallest absolute Gasteiger partial charge is 0.251 e. The summed E-state index contributed by atoms with van der Waals surface area (Å²) in [6.45, 7) is 1.55. The van der Waals surface area contributed by atoms with Gasteiger partial charge in [0.05, 0.1) is 0 Å². The first kappa shape index (κ1) is 15.3. The molecule has 0 bridgehead atoms. The summed E-state index contributed by atoms with van der Waals surface area (Å²) in [7, 11) is 2.14. The van der Waals surface area contributed by atoms with Crippen molar-refractivity contribution in [3.63, 3.8) is 0 Å². The molecule has 0 aliphatic heterocycles. The standard InChI is InChI=1S/C15H22BrN3O/c1-19(14-4-2-3-5-14)7-6-18-15(20)11-8-12(16)10-13(17)9-11/h8-10,14H,2-7,17H2,1H3,(H,18,20). The van der Waals surface area contributed by atoms with Gasteiger partial charge in [0.2, 0.25) is 0 Å². The lowest BCUT2D eigenvalue weighted by molar-refractivity contribution is 0.0947. The summed E-state index contributed by atoms with van der Waals surface area (Å²) in [6.07, 6.45) is 5.23. The maximum absolute atomic E-state index is 12.0. The third-order valence-electron chi connectivity index (χ3n) is 3.88. The fourth-order valence-electron chi connectivity index (χ4n) is 2.72. The molecule has 5 heteroatoms. The van der Waals surface area contributed by atoms with Gasteiger partial charge in [-0.3, -0.25) is 4.79 Å². The van der Waals surface area contributed by atoms with Crippen LogP contribution in [-0.4, -0.2) is 37.0 Å². The average molecular weight is 340 g/mol. The quantitative estimate of drug-likeness (QED) is 0.810. The van der Waals surface area contributed by atoms with Crippen molar-refractivity contribution in [1.82, 2.24) is 10.2 Å². The van der Waals surface area contributed by atoms with Crippen molar-refractivity contribution >= 4 is 27.5 Å². The number of hydrogen-bond acceptors (Lipinski definition) is 3. The second-order valence-electron chi connectivity index (χ2n) is 5.45. The number of rotatable bonds is 5. The highest BCUT2D eigenvalue weighted by molar-refractivity contribution is 9.10. The highest BCUT2D eigenvalue weighted by Gasteiger charge is 2.19. The zero-order valence-electron chi connectivity index (χ0n) is 11.9. The van der Waals surface area contributed by atoms with E-state index >= 15 is 0 Å². The first-order valence-electron chi connectivity index (χ1n) is 7.11. The zero-order chi connectivity index (χ0) is 14.5. The number of nitrogens with one attached hydrogen (secondary N) is 1. The molecular weight excluding hydrogens is 318 g/mol. The molecule has 3 N–H and O–H groups in total. The summed E-state index contributed by atoms with van der Waals surface area (Å²) >= 11 is 3.35. The lowest BCUT2D eigenvalue weighted by Crippen LogP contribution is -2.37. The number of nitrogens with zero attached hydrogens (tertiary/aromatic N) is 1. The molecule has 0 saturated heterocycles. The van der Waals surface area contributed by atoms with Gasteiger partial charge in [-0.15, -0.1) is 0 Å². The zero-order valence-corrected chi connectivity index (χ0v) is 13.4. The Labute approximate surface area is 128 Å². The minimum absolute atomic E-state index is 0.0715. The van der Waals surface area contributed by atoms with Gasteiger partial charge < -0.3 is 16.0 Å². The number of nitrogens with two attached hydrogens (primary N) is 1. The molecule has 1 aromatic carbocycles. The number of benzene rings is 1. The van der Waals surface area contributed by atoms with Gasteiger partial charge in [0, 0.05) is 34.9 Å². The summed E-state index contributed by atoms with van der Waals surface area (Å²) in [5.41, 5.74) is 6.93. The molecule has 0 spiro atoms. The van der Waals surface area contributed by atoms with Gasteiger partial charge in [-0.25, -0.2) is 0 Å². The molecule has 110 valence electrons. The largest absolute Gasteiger partial charge is 0.399 e. The van der Waals surface area contributed by atoms with E-state index in [0.717, 1.165) is 11.0 Å². The molecule has 0 radical (unpaired) electrons. The molecule has 0 unspecified atom stereocenters. The summed E-state index contributed by atoms with van der Waals surface area (Å²) in [6, 6.07) is 5.95. The van der Waals surface area contributed by atoms with E-state index in [9.17, 15) is 4.79 Å². The van der Waals surface area contributed by atoms with Gasteiger partial charge in [-0.2, -0.15) is 0 Å². The summed E-state index contributed by atoms with van der Waals surface area (Å²) in [5, 5.41) is 2.95. The first-order valence-corrected chi connectivity index (χ1v) is 7.90.